The minimum absolute atomic E-state index is 0.0600. The fourth-order valence-corrected chi connectivity index (χ4v) is 3.34. The molecule has 2 aromatic rings. The number of anilines is 1. The number of aliphatic imine (C=N–C) groups is 1. The van der Waals surface area contributed by atoms with Crippen LogP contribution in [0.3, 0.4) is 0 Å². The highest BCUT2D eigenvalue weighted by Crippen LogP contribution is 2.16. The zero-order valence-corrected chi connectivity index (χ0v) is 15.4. The second-order valence-corrected chi connectivity index (χ2v) is 6.73. The summed E-state index contributed by atoms with van der Waals surface area (Å²) in [5, 5.41) is 10.5. The van der Waals surface area contributed by atoms with E-state index in [2.05, 4.69) is 20.4 Å². The number of guanidine groups is 1. The van der Waals surface area contributed by atoms with E-state index < -0.39 is 0 Å². The normalized spacial score (nSPS) is 15.8. The number of rotatable bonds is 5. The van der Waals surface area contributed by atoms with Gasteiger partial charge < -0.3 is 15.1 Å². The number of piperazine rings is 1. The molecule has 3 rings (SSSR count). The molecule has 0 radical (unpaired) electrons. The lowest BCUT2D eigenvalue weighted by Crippen LogP contribution is -2.55. The zero-order chi connectivity index (χ0) is 17.6. The van der Waals surface area contributed by atoms with Crippen LogP contribution in [0, 0.1) is 0 Å². The van der Waals surface area contributed by atoms with Gasteiger partial charge in [0, 0.05) is 57.4 Å². The summed E-state index contributed by atoms with van der Waals surface area (Å²) in [5.41, 5.74) is 0.845. The maximum atomic E-state index is 12.5. The van der Waals surface area contributed by atoms with Crippen molar-refractivity contribution in [1.29, 1.82) is 0 Å². The van der Waals surface area contributed by atoms with Crippen LogP contribution in [0.1, 0.15) is 11.9 Å². The van der Waals surface area contributed by atoms with Crippen LogP contribution in [0.25, 0.3) is 0 Å². The van der Waals surface area contributed by atoms with E-state index in [4.69, 9.17) is 0 Å². The van der Waals surface area contributed by atoms with Gasteiger partial charge in [-0.15, -0.1) is 11.3 Å². The van der Waals surface area contributed by atoms with E-state index in [0.717, 1.165) is 36.2 Å². The van der Waals surface area contributed by atoms with Gasteiger partial charge in [0.25, 0.3) is 0 Å². The first kappa shape index (κ1) is 17.4. The molecular formula is C16H23N7OS. The summed E-state index contributed by atoms with van der Waals surface area (Å²) in [6.45, 7) is 5.15. The number of nitrogens with one attached hydrogen (secondary N) is 1. The van der Waals surface area contributed by atoms with Crippen molar-refractivity contribution < 1.29 is 4.79 Å². The molecule has 0 unspecified atom stereocenters. The molecule has 8 nitrogen and oxygen atoms in total. The van der Waals surface area contributed by atoms with E-state index in [1.165, 1.54) is 0 Å². The van der Waals surface area contributed by atoms with Gasteiger partial charge in [-0.05, 0) is 6.92 Å². The highest BCUT2D eigenvalue weighted by molar-refractivity contribution is 7.09. The second kappa shape index (κ2) is 8.11. The molecule has 0 saturated carbocycles. The van der Waals surface area contributed by atoms with Crippen molar-refractivity contribution in [2.45, 2.75) is 13.3 Å². The highest BCUT2D eigenvalue weighted by Gasteiger charge is 2.27. The molecule has 3 heterocycles. The molecule has 1 N–H and O–H groups in total. The van der Waals surface area contributed by atoms with Crippen molar-refractivity contribution in [1.82, 2.24) is 25.0 Å². The Balaban J connectivity index is 1.61. The third kappa shape index (κ3) is 4.36. The van der Waals surface area contributed by atoms with Gasteiger partial charge in [-0.3, -0.25) is 14.5 Å². The van der Waals surface area contributed by atoms with Gasteiger partial charge >= 0.3 is 0 Å². The van der Waals surface area contributed by atoms with Crippen LogP contribution in [-0.4, -0.2) is 64.3 Å². The van der Waals surface area contributed by atoms with Crippen molar-refractivity contribution in [2.24, 2.45) is 12.0 Å². The van der Waals surface area contributed by atoms with Crippen LogP contribution >= 0.6 is 11.3 Å². The predicted molar refractivity (Wildman–Crippen MR) is 98.9 cm³/mol. The van der Waals surface area contributed by atoms with E-state index in [1.54, 1.807) is 27.1 Å². The van der Waals surface area contributed by atoms with Gasteiger partial charge in [0.05, 0.1) is 16.9 Å². The molecule has 1 aliphatic heterocycles. The Morgan fingerprint density at radius 1 is 1.44 bits per heavy atom. The molecule has 0 aromatic carbocycles. The molecule has 134 valence electrons. The summed E-state index contributed by atoms with van der Waals surface area (Å²) in [6, 6.07) is 0. The van der Waals surface area contributed by atoms with E-state index in [9.17, 15) is 4.79 Å². The van der Waals surface area contributed by atoms with Crippen molar-refractivity contribution >= 4 is 28.9 Å². The number of amides is 1. The fraction of sp³-hybridized carbons (Fsp3) is 0.500. The number of nitrogens with zero attached hydrogens (tertiary/aromatic N) is 6. The van der Waals surface area contributed by atoms with Crippen molar-refractivity contribution in [3.63, 3.8) is 0 Å². The van der Waals surface area contributed by atoms with Gasteiger partial charge in [0.15, 0.2) is 5.96 Å². The standard InChI is InChI=1S/C16H23N7OS/c1-3-17-16(19-5-4-14-18-6-9-25-14)22-7-8-23(15(24)12-22)13-10-20-21(2)11-13/h6,9-11H,3-5,7-8,12H2,1-2H3,(H,17,19). The summed E-state index contributed by atoms with van der Waals surface area (Å²) in [6.07, 6.45) is 6.21. The topological polar surface area (TPSA) is 78.7 Å². The third-order valence-corrected chi connectivity index (χ3v) is 4.77. The maximum Gasteiger partial charge on any atom is 0.246 e. The lowest BCUT2D eigenvalue weighted by atomic mass is 10.3. The van der Waals surface area contributed by atoms with Crippen LogP contribution in [0.2, 0.25) is 0 Å². The largest absolute Gasteiger partial charge is 0.357 e. The van der Waals surface area contributed by atoms with E-state index in [0.29, 0.717) is 19.6 Å². The minimum atomic E-state index is 0.0600. The third-order valence-electron chi connectivity index (χ3n) is 3.93. The van der Waals surface area contributed by atoms with Crippen molar-refractivity contribution in [3.8, 4) is 0 Å². The van der Waals surface area contributed by atoms with Gasteiger partial charge in [0.1, 0.15) is 6.54 Å². The molecule has 2 aromatic heterocycles. The van der Waals surface area contributed by atoms with E-state index >= 15 is 0 Å². The number of hydrogen-bond donors (Lipinski definition) is 1. The fourth-order valence-electron chi connectivity index (χ4n) is 2.73. The lowest BCUT2D eigenvalue weighted by molar-refractivity contribution is -0.120. The summed E-state index contributed by atoms with van der Waals surface area (Å²) in [7, 11) is 1.85. The van der Waals surface area contributed by atoms with E-state index in [-0.39, 0.29) is 5.91 Å². The van der Waals surface area contributed by atoms with Crippen LogP contribution in [0.15, 0.2) is 29.0 Å². The molecule has 0 bridgehead atoms. The molecule has 1 aliphatic rings. The van der Waals surface area contributed by atoms with Crippen molar-refractivity contribution in [2.75, 3.05) is 37.6 Å². The lowest BCUT2D eigenvalue weighted by Gasteiger charge is -2.35. The van der Waals surface area contributed by atoms with Crippen LogP contribution in [0.4, 0.5) is 5.69 Å². The Morgan fingerprint density at radius 3 is 2.96 bits per heavy atom. The predicted octanol–water partition coefficient (Wildman–Crippen LogP) is 0.733. The Morgan fingerprint density at radius 2 is 2.32 bits per heavy atom. The van der Waals surface area contributed by atoms with Crippen molar-refractivity contribution in [3.05, 3.63) is 29.0 Å². The van der Waals surface area contributed by atoms with Gasteiger partial charge in [-0.2, -0.15) is 5.10 Å². The Hall–Kier alpha value is -2.42. The Labute approximate surface area is 151 Å². The summed E-state index contributed by atoms with van der Waals surface area (Å²) in [4.78, 5) is 25.3. The number of hydrogen-bond acceptors (Lipinski definition) is 5. The second-order valence-electron chi connectivity index (χ2n) is 5.75. The average molecular weight is 361 g/mol. The Kier molecular flexibility index (Phi) is 5.64. The molecule has 0 spiro atoms. The number of aromatic nitrogens is 3. The SMILES string of the molecule is CCNC(=NCCc1nccs1)N1CCN(c2cnn(C)c2)C(=O)C1. The zero-order valence-electron chi connectivity index (χ0n) is 14.6. The van der Waals surface area contributed by atoms with E-state index in [1.807, 2.05) is 36.6 Å². The molecular weight excluding hydrogens is 338 g/mol. The first-order valence-corrected chi connectivity index (χ1v) is 9.26. The van der Waals surface area contributed by atoms with Crippen LogP contribution in [0.5, 0.6) is 0 Å². The summed E-state index contributed by atoms with van der Waals surface area (Å²) in [5.74, 6) is 0.850. The van der Waals surface area contributed by atoms with Gasteiger partial charge in [-0.1, -0.05) is 0 Å². The number of thiazole rings is 1. The quantitative estimate of drug-likeness (QED) is 0.628. The monoisotopic (exact) mass is 361 g/mol. The van der Waals surface area contributed by atoms with Gasteiger partial charge in [0.2, 0.25) is 5.91 Å². The Bertz CT molecular complexity index is 725. The first-order valence-electron chi connectivity index (χ1n) is 8.38. The molecule has 9 heteroatoms. The molecule has 0 atom stereocenters. The number of aryl methyl sites for hydroxylation is 1. The summed E-state index contributed by atoms with van der Waals surface area (Å²) >= 11 is 1.64. The van der Waals surface area contributed by atoms with Crippen LogP contribution < -0.4 is 10.2 Å². The molecule has 0 aliphatic carbocycles. The smallest absolute Gasteiger partial charge is 0.246 e. The van der Waals surface area contributed by atoms with Gasteiger partial charge in [-0.25, -0.2) is 4.98 Å². The first-order chi connectivity index (χ1) is 12.2. The number of carbonyl (C=O) groups excluding carboxylic acids is 1. The molecule has 1 saturated heterocycles. The molecule has 1 amide bonds. The molecule has 1 fully saturated rings. The number of carbonyl (C=O) groups is 1. The minimum Gasteiger partial charge on any atom is -0.357 e. The molecule has 25 heavy (non-hydrogen) atoms. The highest BCUT2D eigenvalue weighted by atomic mass is 32.1. The maximum absolute atomic E-state index is 12.5. The van der Waals surface area contributed by atoms with Crippen LogP contribution in [-0.2, 0) is 18.3 Å². The average Bonchev–Trinajstić information content (AvgIpc) is 3.26. The summed E-state index contributed by atoms with van der Waals surface area (Å²) < 4.78 is 1.71.